The minimum Gasteiger partial charge on any atom is -0.478 e. The van der Waals surface area contributed by atoms with Crippen LogP contribution in [0, 0.1) is 5.41 Å². The summed E-state index contributed by atoms with van der Waals surface area (Å²) in [7, 11) is 0. The second kappa shape index (κ2) is 5.03. The summed E-state index contributed by atoms with van der Waals surface area (Å²) < 4.78 is 0. The molecule has 1 aromatic carbocycles. The lowest BCUT2D eigenvalue weighted by Crippen LogP contribution is -2.41. The summed E-state index contributed by atoms with van der Waals surface area (Å²) in [6.45, 7) is 5.78. The maximum Gasteiger partial charge on any atom is 0.336 e. The molecular formula is C15H19NO3. The van der Waals surface area contributed by atoms with Crippen LogP contribution in [0.1, 0.15) is 47.4 Å². The Morgan fingerprint density at radius 3 is 2.16 bits per heavy atom. The van der Waals surface area contributed by atoms with E-state index in [9.17, 15) is 9.59 Å². The first-order chi connectivity index (χ1) is 8.91. The van der Waals surface area contributed by atoms with Gasteiger partial charge < -0.3 is 10.0 Å². The molecule has 1 saturated heterocycles. The van der Waals surface area contributed by atoms with Crippen LogP contribution >= 0.6 is 0 Å². The van der Waals surface area contributed by atoms with E-state index in [1.807, 2.05) is 0 Å². The monoisotopic (exact) mass is 261 g/mol. The van der Waals surface area contributed by atoms with Crippen LogP contribution in [-0.4, -0.2) is 35.0 Å². The molecule has 1 heterocycles. The Kier molecular flexibility index (Phi) is 3.60. The molecular weight excluding hydrogens is 242 g/mol. The maximum atomic E-state index is 12.4. The maximum absolute atomic E-state index is 12.4. The highest BCUT2D eigenvalue weighted by atomic mass is 16.4. The number of carboxylic acid groups (broad SMARTS) is 1. The number of carbonyl (C=O) groups excluding carboxylic acids is 1. The van der Waals surface area contributed by atoms with Crippen molar-refractivity contribution in [3.05, 3.63) is 35.4 Å². The lowest BCUT2D eigenvalue weighted by molar-refractivity contribution is 0.0609. The van der Waals surface area contributed by atoms with Crippen molar-refractivity contribution in [3.8, 4) is 0 Å². The van der Waals surface area contributed by atoms with E-state index in [-0.39, 0.29) is 22.4 Å². The van der Waals surface area contributed by atoms with Crippen LogP contribution in [0.4, 0.5) is 0 Å². The van der Waals surface area contributed by atoms with E-state index in [0.717, 1.165) is 12.8 Å². The van der Waals surface area contributed by atoms with E-state index in [1.165, 1.54) is 6.07 Å². The third-order valence-electron chi connectivity index (χ3n) is 3.79. The predicted molar refractivity (Wildman–Crippen MR) is 72.3 cm³/mol. The number of rotatable bonds is 2. The van der Waals surface area contributed by atoms with Crippen LogP contribution in [0.15, 0.2) is 24.3 Å². The molecule has 2 rings (SSSR count). The van der Waals surface area contributed by atoms with Crippen molar-refractivity contribution in [1.29, 1.82) is 0 Å². The highest BCUT2D eigenvalue weighted by Gasteiger charge is 2.29. The van der Waals surface area contributed by atoms with Gasteiger partial charge in [0, 0.05) is 13.1 Å². The molecule has 0 unspecified atom stereocenters. The Morgan fingerprint density at radius 2 is 1.63 bits per heavy atom. The van der Waals surface area contributed by atoms with Gasteiger partial charge in [0.1, 0.15) is 0 Å². The standard InChI is InChI=1S/C15H19NO3/c1-15(2)7-9-16(10-8-15)13(17)11-5-3-4-6-12(11)14(18)19/h3-6H,7-10H2,1-2H3,(H,18,19). The summed E-state index contributed by atoms with van der Waals surface area (Å²) in [6, 6.07) is 6.40. The van der Waals surface area contributed by atoms with E-state index in [4.69, 9.17) is 5.11 Å². The van der Waals surface area contributed by atoms with Crippen LogP contribution in [0.2, 0.25) is 0 Å². The number of carbonyl (C=O) groups is 2. The highest BCUT2D eigenvalue weighted by molar-refractivity contribution is 6.04. The van der Waals surface area contributed by atoms with Gasteiger partial charge in [-0.3, -0.25) is 4.79 Å². The smallest absolute Gasteiger partial charge is 0.336 e. The number of nitrogens with zero attached hydrogens (tertiary/aromatic N) is 1. The molecule has 4 nitrogen and oxygen atoms in total. The Labute approximate surface area is 113 Å². The second-order valence-electron chi connectivity index (χ2n) is 5.81. The molecule has 0 bridgehead atoms. The summed E-state index contributed by atoms with van der Waals surface area (Å²) in [5.41, 5.74) is 0.635. The van der Waals surface area contributed by atoms with Crippen molar-refractivity contribution in [2.24, 2.45) is 5.41 Å². The number of amides is 1. The van der Waals surface area contributed by atoms with E-state index in [1.54, 1.807) is 23.1 Å². The quantitative estimate of drug-likeness (QED) is 0.890. The number of aromatic carboxylic acids is 1. The third kappa shape index (κ3) is 2.95. The van der Waals surface area contributed by atoms with Gasteiger partial charge in [-0.2, -0.15) is 0 Å². The van der Waals surface area contributed by atoms with Gasteiger partial charge in [0.25, 0.3) is 5.91 Å². The first kappa shape index (κ1) is 13.6. The largest absolute Gasteiger partial charge is 0.478 e. The van der Waals surface area contributed by atoms with Crippen molar-refractivity contribution >= 4 is 11.9 Å². The van der Waals surface area contributed by atoms with Gasteiger partial charge in [0.05, 0.1) is 11.1 Å². The Hall–Kier alpha value is -1.84. The van der Waals surface area contributed by atoms with Gasteiger partial charge in [-0.05, 0) is 30.4 Å². The van der Waals surface area contributed by atoms with Gasteiger partial charge in [-0.1, -0.05) is 26.0 Å². The van der Waals surface area contributed by atoms with Gasteiger partial charge in [0.2, 0.25) is 0 Å². The molecule has 1 aliphatic rings. The molecule has 1 aliphatic heterocycles. The van der Waals surface area contributed by atoms with Crippen LogP contribution < -0.4 is 0 Å². The molecule has 1 N–H and O–H groups in total. The van der Waals surface area contributed by atoms with Crippen molar-refractivity contribution in [1.82, 2.24) is 4.90 Å². The summed E-state index contributed by atoms with van der Waals surface area (Å²) in [5, 5.41) is 9.13. The minimum atomic E-state index is -1.05. The number of carboxylic acids is 1. The normalized spacial score (nSPS) is 18.1. The summed E-state index contributed by atoms with van der Waals surface area (Å²) in [6.07, 6.45) is 1.90. The molecule has 0 atom stereocenters. The zero-order valence-electron chi connectivity index (χ0n) is 11.3. The molecule has 1 amide bonds. The zero-order chi connectivity index (χ0) is 14.0. The molecule has 1 aromatic rings. The highest BCUT2D eigenvalue weighted by Crippen LogP contribution is 2.30. The SMILES string of the molecule is CC1(C)CCN(C(=O)c2ccccc2C(=O)O)CC1. The van der Waals surface area contributed by atoms with Crippen LogP contribution in [0.5, 0.6) is 0 Å². The Balaban J connectivity index is 2.19. The topological polar surface area (TPSA) is 57.6 Å². The summed E-state index contributed by atoms with van der Waals surface area (Å²) in [5.74, 6) is -1.23. The molecule has 102 valence electrons. The molecule has 0 aromatic heterocycles. The molecule has 1 fully saturated rings. The first-order valence-corrected chi connectivity index (χ1v) is 6.52. The number of hydrogen-bond acceptors (Lipinski definition) is 2. The third-order valence-corrected chi connectivity index (χ3v) is 3.79. The van der Waals surface area contributed by atoms with Gasteiger partial charge in [-0.25, -0.2) is 4.79 Å². The van der Waals surface area contributed by atoms with E-state index in [2.05, 4.69) is 13.8 Å². The van der Waals surface area contributed by atoms with Gasteiger partial charge >= 0.3 is 5.97 Å². The minimum absolute atomic E-state index is 0.0809. The van der Waals surface area contributed by atoms with Crippen LogP contribution in [-0.2, 0) is 0 Å². The van der Waals surface area contributed by atoms with E-state index in [0.29, 0.717) is 13.1 Å². The first-order valence-electron chi connectivity index (χ1n) is 6.52. The fraction of sp³-hybridized carbons (Fsp3) is 0.467. The van der Waals surface area contributed by atoms with Crippen molar-refractivity contribution in [2.75, 3.05) is 13.1 Å². The number of benzene rings is 1. The molecule has 0 saturated carbocycles. The van der Waals surface area contributed by atoms with Gasteiger partial charge in [0.15, 0.2) is 0 Å². The summed E-state index contributed by atoms with van der Waals surface area (Å²) >= 11 is 0. The average molecular weight is 261 g/mol. The fourth-order valence-corrected chi connectivity index (χ4v) is 2.34. The number of likely N-dealkylation sites (tertiary alicyclic amines) is 1. The van der Waals surface area contributed by atoms with Crippen molar-refractivity contribution in [2.45, 2.75) is 26.7 Å². The average Bonchev–Trinajstić information content (AvgIpc) is 2.38. The lowest BCUT2D eigenvalue weighted by Gasteiger charge is -2.37. The zero-order valence-corrected chi connectivity index (χ0v) is 11.3. The second-order valence-corrected chi connectivity index (χ2v) is 5.81. The van der Waals surface area contributed by atoms with Crippen LogP contribution in [0.25, 0.3) is 0 Å². The molecule has 4 heteroatoms. The van der Waals surface area contributed by atoms with Crippen molar-refractivity contribution < 1.29 is 14.7 Å². The molecule has 0 radical (unpaired) electrons. The molecule has 0 aliphatic carbocycles. The van der Waals surface area contributed by atoms with Crippen LogP contribution in [0.3, 0.4) is 0 Å². The van der Waals surface area contributed by atoms with Gasteiger partial charge in [-0.15, -0.1) is 0 Å². The Bertz CT molecular complexity index is 498. The van der Waals surface area contributed by atoms with E-state index < -0.39 is 5.97 Å². The predicted octanol–water partition coefficient (Wildman–Crippen LogP) is 2.65. The fourth-order valence-electron chi connectivity index (χ4n) is 2.34. The van der Waals surface area contributed by atoms with E-state index >= 15 is 0 Å². The lowest BCUT2D eigenvalue weighted by atomic mass is 9.82. The van der Waals surface area contributed by atoms with Crippen molar-refractivity contribution in [3.63, 3.8) is 0 Å². The summed E-state index contributed by atoms with van der Waals surface area (Å²) in [4.78, 5) is 25.3. The molecule has 19 heavy (non-hydrogen) atoms. The Morgan fingerprint density at radius 1 is 1.11 bits per heavy atom. The number of piperidine rings is 1. The molecule has 0 spiro atoms. The number of hydrogen-bond donors (Lipinski definition) is 1.